The largest absolute Gasteiger partial charge is 0.353 e. The summed E-state index contributed by atoms with van der Waals surface area (Å²) in [6.45, 7) is 2.68. The first kappa shape index (κ1) is 14.5. The molecule has 2 atom stereocenters. The average molecular weight is 271 g/mol. The van der Waals surface area contributed by atoms with E-state index in [9.17, 15) is 10.1 Å². The van der Waals surface area contributed by atoms with Gasteiger partial charge in [-0.15, -0.1) is 0 Å². The molecular formula is C16H21N3O. The maximum Gasteiger partial charge on any atom is 0.241 e. The number of hydrogen-bond donors (Lipinski definition) is 1. The van der Waals surface area contributed by atoms with Crippen molar-refractivity contribution in [1.29, 1.82) is 5.26 Å². The second-order valence-electron chi connectivity index (χ2n) is 5.46. The van der Waals surface area contributed by atoms with E-state index in [0.29, 0.717) is 18.6 Å². The topological polar surface area (TPSA) is 56.1 Å². The summed E-state index contributed by atoms with van der Waals surface area (Å²) >= 11 is 0. The van der Waals surface area contributed by atoms with Crippen LogP contribution in [0.2, 0.25) is 0 Å². The molecule has 0 saturated heterocycles. The molecule has 2 unspecified atom stereocenters. The molecule has 0 aliphatic heterocycles. The highest BCUT2D eigenvalue weighted by molar-refractivity contribution is 5.86. The van der Waals surface area contributed by atoms with Gasteiger partial charge in [-0.3, -0.25) is 9.69 Å². The predicted molar refractivity (Wildman–Crippen MR) is 78.1 cm³/mol. The minimum atomic E-state index is -0.727. The molecule has 0 radical (unpaired) electrons. The van der Waals surface area contributed by atoms with Gasteiger partial charge in [-0.05, 0) is 32.4 Å². The molecule has 4 heteroatoms. The standard InChI is InChI=1S/C16H21N3O/c1-12(19(2)14-8-9-14)11-18-16(20)15(10-17)13-6-4-3-5-7-13/h3-7,12,14-15H,8-9,11H2,1-2H3,(H,18,20). The Bertz CT molecular complexity index is 490. The number of hydrogen-bond acceptors (Lipinski definition) is 3. The van der Waals surface area contributed by atoms with Gasteiger partial charge in [0, 0.05) is 18.6 Å². The van der Waals surface area contributed by atoms with Gasteiger partial charge in [-0.1, -0.05) is 30.3 Å². The second kappa shape index (κ2) is 6.53. The fraction of sp³-hybridized carbons (Fsp3) is 0.500. The molecule has 1 aliphatic rings. The van der Waals surface area contributed by atoms with Gasteiger partial charge in [-0.2, -0.15) is 5.26 Å². The maximum absolute atomic E-state index is 12.1. The zero-order valence-corrected chi connectivity index (χ0v) is 12.0. The molecule has 1 aromatic carbocycles. The lowest BCUT2D eigenvalue weighted by Crippen LogP contribution is -2.42. The number of nitriles is 1. The third kappa shape index (κ3) is 3.58. The minimum Gasteiger partial charge on any atom is -0.353 e. The first-order valence-electron chi connectivity index (χ1n) is 7.07. The van der Waals surface area contributed by atoms with Crippen molar-refractivity contribution in [2.24, 2.45) is 0 Å². The molecule has 2 rings (SSSR count). The number of carbonyl (C=O) groups is 1. The quantitative estimate of drug-likeness (QED) is 0.859. The first-order valence-corrected chi connectivity index (χ1v) is 7.07. The third-order valence-corrected chi connectivity index (χ3v) is 3.91. The molecule has 20 heavy (non-hydrogen) atoms. The van der Waals surface area contributed by atoms with E-state index < -0.39 is 5.92 Å². The number of nitrogens with one attached hydrogen (secondary N) is 1. The Labute approximate surface area is 120 Å². The first-order chi connectivity index (χ1) is 9.63. The van der Waals surface area contributed by atoms with E-state index in [1.54, 1.807) is 0 Å². The van der Waals surface area contributed by atoms with Gasteiger partial charge in [0.25, 0.3) is 0 Å². The number of amides is 1. The molecule has 0 spiro atoms. The number of benzene rings is 1. The lowest BCUT2D eigenvalue weighted by Gasteiger charge is -2.25. The van der Waals surface area contributed by atoms with Crippen LogP contribution in [-0.4, -0.2) is 36.5 Å². The Morgan fingerprint density at radius 3 is 2.65 bits per heavy atom. The SMILES string of the molecule is CC(CNC(=O)C(C#N)c1ccccc1)N(C)C1CC1. The monoisotopic (exact) mass is 271 g/mol. The molecule has 4 nitrogen and oxygen atoms in total. The van der Waals surface area contributed by atoms with Gasteiger partial charge < -0.3 is 5.32 Å². The van der Waals surface area contributed by atoms with Crippen LogP contribution >= 0.6 is 0 Å². The van der Waals surface area contributed by atoms with Crippen molar-refractivity contribution in [2.75, 3.05) is 13.6 Å². The predicted octanol–water partition coefficient (Wildman–Crippen LogP) is 1.89. The fourth-order valence-electron chi connectivity index (χ4n) is 2.27. The van der Waals surface area contributed by atoms with Crippen molar-refractivity contribution in [2.45, 2.75) is 37.8 Å². The van der Waals surface area contributed by atoms with Crippen LogP contribution in [0.3, 0.4) is 0 Å². The van der Waals surface area contributed by atoms with Crippen molar-refractivity contribution in [3.8, 4) is 6.07 Å². The average Bonchev–Trinajstić information content (AvgIpc) is 3.30. The highest BCUT2D eigenvalue weighted by atomic mass is 16.1. The Hall–Kier alpha value is -1.86. The Balaban J connectivity index is 1.88. The van der Waals surface area contributed by atoms with Gasteiger partial charge in [0.1, 0.15) is 5.92 Å². The summed E-state index contributed by atoms with van der Waals surface area (Å²) in [5.74, 6) is -0.940. The normalized spacial score (nSPS) is 17.3. The molecule has 0 heterocycles. The van der Waals surface area contributed by atoms with Gasteiger partial charge >= 0.3 is 0 Å². The summed E-state index contributed by atoms with van der Waals surface area (Å²) < 4.78 is 0. The van der Waals surface area contributed by atoms with Gasteiger partial charge in [0.2, 0.25) is 5.91 Å². The molecular weight excluding hydrogens is 250 g/mol. The fourth-order valence-corrected chi connectivity index (χ4v) is 2.27. The van der Waals surface area contributed by atoms with Crippen LogP contribution in [0.15, 0.2) is 30.3 Å². The summed E-state index contributed by atoms with van der Waals surface area (Å²) in [6, 6.07) is 12.2. The van der Waals surface area contributed by atoms with Crippen LogP contribution in [-0.2, 0) is 4.79 Å². The number of likely N-dealkylation sites (N-methyl/N-ethyl adjacent to an activating group) is 1. The van der Waals surface area contributed by atoms with E-state index in [1.165, 1.54) is 12.8 Å². The molecule has 0 bridgehead atoms. The van der Waals surface area contributed by atoms with Crippen LogP contribution in [0, 0.1) is 11.3 Å². The Morgan fingerprint density at radius 2 is 2.10 bits per heavy atom. The molecule has 1 aliphatic carbocycles. The van der Waals surface area contributed by atoms with E-state index >= 15 is 0 Å². The van der Waals surface area contributed by atoms with Crippen molar-refractivity contribution in [1.82, 2.24) is 10.2 Å². The highest BCUT2D eigenvalue weighted by Crippen LogP contribution is 2.26. The van der Waals surface area contributed by atoms with Crippen LogP contribution < -0.4 is 5.32 Å². The summed E-state index contributed by atoms with van der Waals surface area (Å²) in [6.07, 6.45) is 2.50. The number of nitrogens with zero attached hydrogens (tertiary/aromatic N) is 2. The van der Waals surface area contributed by atoms with E-state index in [2.05, 4.69) is 30.3 Å². The second-order valence-corrected chi connectivity index (χ2v) is 5.46. The van der Waals surface area contributed by atoms with Crippen LogP contribution in [0.4, 0.5) is 0 Å². The van der Waals surface area contributed by atoms with Crippen LogP contribution in [0.1, 0.15) is 31.2 Å². The molecule has 1 saturated carbocycles. The summed E-state index contributed by atoms with van der Waals surface area (Å²) in [7, 11) is 2.09. The summed E-state index contributed by atoms with van der Waals surface area (Å²) in [5.41, 5.74) is 0.746. The molecule has 1 N–H and O–H groups in total. The lowest BCUT2D eigenvalue weighted by atomic mass is 10.00. The van der Waals surface area contributed by atoms with E-state index in [4.69, 9.17) is 0 Å². The molecule has 106 valence electrons. The van der Waals surface area contributed by atoms with E-state index in [1.807, 2.05) is 30.3 Å². The van der Waals surface area contributed by atoms with Crippen molar-refractivity contribution < 1.29 is 4.79 Å². The Morgan fingerprint density at radius 1 is 1.45 bits per heavy atom. The molecule has 1 aromatic rings. The van der Waals surface area contributed by atoms with Crippen molar-refractivity contribution >= 4 is 5.91 Å². The van der Waals surface area contributed by atoms with Crippen molar-refractivity contribution in [3.05, 3.63) is 35.9 Å². The summed E-state index contributed by atoms with van der Waals surface area (Å²) in [5, 5.41) is 12.1. The highest BCUT2D eigenvalue weighted by Gasteiger charge is 2.29. The smallest absolute Gasteiger partial charge is 0.241 e. The number of rotatable bonds is 6. The third-order valence-electron chi connectivity index (χ3n) is 3.91. The Kier molecular flexibility index (Phi) is 4.75. The van der Waals surface area contributed by atoms with Gasteiger partial charge in [0.15, 0.2) is 0 Å². The number of carbonyl (C=O) groups excluding carboxylic acids is 1. The lowest BCUT2D eigenvalue weighted by molar-refractivity contribution is -0.121. The zero-order valence-electron chi connectivity index (χ0n) is 12.0. The zero-order chi connectivity index (χ0) is 14.5. The molecule has 1 fully saturated rings. The van der Waals surface area contributed by atoms with E-state index in [0.717, 1.165) is 5.56 Å². The minimum absolute atomic E-state index is 0.213. The molecule has 0 aromatic heterocycles. The van der Waals surface area contributed by atoms with Gasteiger partial charge in [0.05, 0.1) is 6.07 Å². The maximum atomic E-state index is 12.1. The molecule has 1 amide bonds. The van der Waals surface area contributed by atoms with E-state index in [-0.39, 0.29) is 5.91 Å². The van der Waals surface area contributed by atoms with Crippen molar-refractivity contribution in [3.63, 3.8) is 0 Å². The van der Waals surface area contributed by atoms with Crippen LogP contribution in [0.25, 0.3) is 0 Å². The van der Waals surface area contributed by atoms with Crippen LogP contribution in [0.5, 0.6) is 0 Å². The summed E-state index contributed by atoms with van der Waals surface area (Å²) in [4.78, 5) is 14.4. The van der Waals surface area contributed by atoms with Gasteiger partial charge in [-0.25, -0.2) is 0 Å².